The van der Waals surface area contributed by atoms with Crippen molar-refractivity contribution in [1.29, 1.82) is 0 Å². The molecule has 1 aliphatic rings. The number of nitrogens with zero attached hydrogens (tertiary/aromatic N) is 2. The molecule has 3 aromatic rings. The van der Waals surface area contributed by atoms with Gasteiger partial charge in [0.2, 0.25) is 0 Å². The number of aromatic nitrogens is 1. The van der Waals surface area contributed by atoms with Crippen molar-refractivity contribution in [3.63, 3.8) is 0 Å². The number of amides is 2. The van der Waals surface area contributed by atoms with Crippen LogP contribution in [0, 0.1) is 0 Å². The first kappa shape index (κ1) is 24.5. The predicted octanol–water partition coefficient (Wildman–Crippen LogP) is 6.18. The number of alkyl halides is 3. The zero-order valence-corrected chi connectivity index (χ0v) is 19.2. The molecule has 1 fully saturated rings. The number of pyridine rings is 1. The molecule has 184 valence electrons. The number of hydrogen-bond donors (Lipinski definition) is 3. The lowest BCUT2D eigenvalue weighted by atomic mass is 9.94. The van der Waals surface area contributed by atoms with E-state index in [1.54, 1.807) is 35.2 Å². The Labute approximate surface area is 202 Å². The molecule has 0 saturated heterocycles. The molecule has 0 aliphatic heterocycles. The molecule has 35 heavy (non-hydrogen) atoms. The first-order chi connectivity index (χ1) is 16.8. The lowest BCUT2D eigenvalue weighted by Crippen LogP contribution is -2.45. The molecule has 1 heterocycles. The summed E-state index contributed by atoms with van der Waals surface area (Å²) in [6.45, 7) is 0.337. The van der Waals surface area contributed by atoms with E-state index in [-0.39, 0.29) is 17.5 Å². The molecule has 1 aromatic heterocycles. The maximum Gasteiger partial charge on any atom is 0.416 e. The van der Waals surface area contributed by atoms with Gasteiger partial charge in [0.15, 0.2) is 5.82 Å². The number of rotatable bonds is 5. The highest BCUT2D eigenvalue weighted by Crippen LogP contribution is 2.35. The normalized spacial score (nSPS) is 14.5. The summed E-state index contributed by atoms with van der Waals surface area (Å²) in [6, 6.07) is 14.8. The van der Waals surface area contributed by atoms with E-state index in [4.69, 9.17) is 11.5 Å². The number of nitrogens with two attached hydrogens (primary N) is 2. The number of benzene rings is 2. The second kappa shape index (κ2) is 10.4. The topological polar surface area (TPSA) is 97.3 Å². The first-order valence-electron chi connectivity index (χ1n) is 11.6. The van der Waals surface area contributed by atoms with Gasteiger partial charge in [-0.3, -0.25) is 4.90 Å². The van der Waals surface area contributed by atoms with Gasteiger partial charge in [0.25, 0.3) is 0 Å². The van der Waals surface area contributed by atoms with Gasteiger partial charge in [-0.25, -0.2) is 9.78 Å². The second-order valence-corrected chi connectivity index (χ2v) is 8.68. The Morgan fingerprint density at radius 2 is 1.77 bits per heavy atom. The van der Waals surface area contributed by atoms with E-state index < -0.39 is 17.8 Å². The van der Waals surface area contributed by atoms with Crippen LogP contribution in [0.5, 0.6) is 0 Å². The standard InChI is InChI=1S/C26H28F3N5O/c27-26(28,29)19-8-5-7-18(15-19)23-13-12-22(31)24(33-23)34(21-10-2-1-3-11-21)25(35)32-20-9-4-6-17(14-20)16-30/h4-9,12-15,21H,1-3,10-11,16,30-31H2,(H,32,35). The number of urea groups is 1. The van der Waals surface area contributed by atoms with Crippen molar-refractivity contribution < 1.29 is 18.0 Å². The Kier molecular flexibility index (Phi) is 7.25. The van der Waals surface area contributed by atoms with Crippen molar-refractivity contribution >= 4 is 23.2 Å². The summed E-state index contributed by atoms with van der Waals surface area (Å²) >= 11 is 0. The van der Waals surface area contributed by atoms with Crippen LogP contribution in [0.4, 0.5) is 35.2 Å². The smallest absolute Gasteiger partial charge is 0.396 e. The van der Waals surface area contributed by atoms with Crippen molar-refractivity contribution in [1.82, 2.24) is 4.98 Å². The SMILES string of the molecule is NCc1cccc(NC(=O)N(c2nc(-c3cccc(C(F)(F)F)c3)ccc2N)C2CCCCC2)c1. The van der Waals surface area contributed by atoms with Crippen molar-refractivity contribution in [3.05, 3.63) is 71.8 Å². The molecule has 4 rings (SSSR count). The van der Waals surface area contributed by atoms with Crippen molar-refractivity contribution in [3.8, 4) is 11.3 Å². The number of hydrogen-bond acceptors (Lipinski definition) is 4. The Hall–Kier alpha value is -3.59. The van der Waals surface area contributed by atoms with Crippen molar-refractivity contribution in [2.24, 2.45) is 5.73 Å². The highest BCUT2D eigenvalue weighted by atomic mass is 19.4. The maximum absolute atomic E-state index is 13.5. The van der Waals surface area contributed by atoms with E-state index in [1.165, 1.54) is 6.07 Å². The third-order valence-corrected chi connectivity index (χ3v) is 6.19. The average molecular weight is 484 g/mol. The quantitative estimate of drug-likeness (QED) is 0.404. The molecule has 6 nitrogen and oxygen atoms in total. The van der Waals surface area contributed by atoms with Gasteiger partial charge >= 0.3 is 12.2 Å². The van der Waals surface area contributed by atoms with Crippen LogP contribution in [0.15, 0.2) is 60.7 Å². The summed E-state index contributed by atoms with van der Waals surface area (Å²) in [7, 11) is 0. The number of carbonyl (C=O) groups excluding carboxylic acids is 1. The van der Waals surface area contributed by atoms with Gasteiger partial charge in [-0.1, -0.05) is 43.5 Å². The average Bonchev–Trinajstić information content (AvgIpc) is 2.85. The minimum Gasteiger partial charge on any atom is -0.396 e. The van der Waals surface area contributed by atoms with Crippen LogP contribution in [-0.2, 0) is 12.7 Å². The van der Waals surface area contributed by atoms with Crippen LogP contribution in [0.1, 0.15) is 43.2 Å². The molecule has 0 radical (unpaired) electrons. The monoisotopic (exact) mass is 483 g/mol. The van der Waals surface area contributed by atoms with Gasteiger partial charge < -0.3 is 16.8 Å². The van der Waals surface area contributed by atoms with Crippen LogP contribution < -0.4 is 21.7 Å². The van der Waals surface area contributed by atoms with Crippen LogP contribution in [0.3, 0.4) is 0 Å². The summed E-state index contributed by atoms with van der Waals surface area (Å²) in [5.41, 5.74) is 13.6. The van der Waals surface area contributed by atoms with E-state index in [0.29, 0.717) is 23.5 Å². The Morgan fingerprint density at radius 1 is 1.03 bits per heavy atom. The number of nitrogens with one attached hydrogen (secondary N) is 1. The summed E-state index contributed by atoms with van der Waals surface area (Å²) in [4.78, 5) is 19.7. The van der Waals surface area contributed by atoms with Crippen molar-refractivity contribution in [2.45, 2.75) is 50.9 Å². The number of halogens is 3. The highest BCUT2D eigenvalue weighted by molar-refractivity contribution is 6.03. The summed E-state index contributed by atoms with van der Waals surface area (Å²) in [5.74, 6) is 0.235. The van der Waals surface area contributed by atoms with E-state index in [9.17, 15) is 18.0 Å². The molecule has 1 aliphatic carbocycles. The third-order valence-electron chi connectivity index (χ3n) is 6.19. The van der Waals surface area contributed by atoms with Gasteiger partial charge in [0.1, 0.15) is 0 Å². The molecule has 0 unspecified atom stereocenters. The molecule has 9 heteroatoms. The van der Waals surface area contributed by atoms with Gasteiger partial charge in [-0.15, -0.1) is 0 Å². The Morgan fingerprint density at radius 3 is 2.49 bits per heavy atom. The van der Waals surface area contributed by atoms with Crippen LogP contribution in [0.25, 0.3) is 11.3 Å². The highest BCUT2D eigenvalue weighted by Gasteiger charge is 2.32. The Bertz CT molecular complexity index is 1190. The zero-order chi connectivity index (χ0) is 25.0. The van der Waals surface area contributed by atoms with Crippen LogP contribution in [-0.4, -0.2) is 17.1 Å². The third kappa shape index (κ3) is 5.74. The lowest BCUT2D eigenvalue weighted by Gasteiger charge is -2.34. The van der Waals surface area contributed by atoms with E-state index in [2.05, 4.69) is 10.3 Å². The van der Waals surface area contributed by atoms with Gasteiger partial charge in [-0.2, -0.15) is 13.2 Å². The summed E-state index contributed by atoms with van der Waals surface area (Å²) < 4.78 is 39.8. The zero-order valence-electron chi connectivity index (χ0n) is 19.2. The number of anilines is 3. The first-order valence-corrected chi connectivity index (χ1v) is 11.6. The maximum atomic E-state index is 13.5. The minimum atomic E-state index is -4.47. The largest absolute Gasteiger partial charge is 0.416 e. The van der Waals surface area contributed by atoms with E-state index in [0.717, 1.165) is 49.8 Å². The minimum absolute atomic E-state index is 0.131. The number of nitrogen functional groups attached to an aromatic ring is 1. The second-order valence-electron chi connectivity index (χ2n) is 8.68. The van der Waals surface area contributed by atoms with Crippen LogP contribution in [0.2, 0.25) is 0 Å². The molecule has 5 N–H and O–H groups in total. The Balaban J connectivity index is 1.72. The predicted molar refractivity (Wildman–Crippen MR) is 132 cm³/mol. The molecule has 0 atom stereocenters. The van der Waals surface area contributed by atoms with Gasteiger partial charge in [-0.05, 0) is 54.8 Å². The summed E-state index contributed by atoms with van der Waals surface area (Å²) in [6.07, 6.45) is 0.0986. The van der Waals surface area contributed by atoms with Crippen LogP contribution >= 0.6 is 0 Å². The fourth-order valence-electron chi connectivity index (χ4n) is 4.40. The van der Waals surface area contributed by atoms with Gasteiger partial charge in [0, 0.05) is 23.8 Å². The summed E-state index contributed by atoms with van der Waals surface area (Å²) in [5, 5.41) is 2.92. The van der Waals surface area contributed by atoms with Crippen molar-refractivity contribution in [2.75, 3.05) is 16.0 Å². The fourth-order valence-corrected chi connectivity index (χ4v) is 4.40. The number of carbonyl (C=O) groups is 1. The molecular formula is C26H28F3N5O. The molecule has 0 spiro atoms. The lowest BCUT2D eigenvalue weighted by molar-refractivity contribution is -0.137. The molecule has 2 aromatic carbocycles. The van der Waals surface area contributed by atoms with Gasteiger partial charge in [0.05, 0.1) is 16.9 Å². The van der Waals surface area contributed by atoms with E-state index >= 15 is 0 Å². The molecule has 2 amide bonds. The molecule has 0 bridgehead atoms. The fraction of sp³-hybridized carbons (Fsp3) is 0.308. The molecular weight excluding hydrogens is 455 g/mol. The van der Waals surface area contributed by atoms with E-state index in [1.807, 2.05) is 12.1 Å². The molecule has 1 saturated carbocycles.